The molecule has 0 amide bonds. The lowest BCUT2D eigenvalue weighted by molar-refractivity contribution is -0.171. The molecular weight excluding hydrogens is 456 g/mol. The van der Waals surface area contributed by atoms with Crippen LogP contribution in [0.3, 0.4) is 0 Å². The fourth-order valence-corrected chi connectivity index (χ4v) is 8.81. The summed E-state index contributed by atoms with van der Waals surface area (Å²) in [6, 6.07) is 29.5. The Morgan fingerprint density at radius 2 is 1.17 bits per heavy atom. The molecule has 0 aliphatic heterocycles. The van der Waals surface area contributed by atoms with Crippen molar-refractivity contribution in [2.45, 2.75) is 58.5 Å². The van der Waals surface area contributed by atoms with E-state index in [1.807, 2.05) is 66.7 Å². The number of carbonyl (C=O) groups is 2. The molecule has 6 heteroatoms. The van der Waals surface area contributed by atoms with E-state index in [9.17, 15) is 9.59 Å². The van der Waals surface area contributed by atoms with Crippen molar-refractivity contribution in [3.8, 4) is 0 Å². The molecule has 3 aromatic carbocycles. The van der Waals surface area contributed by atoms with Crippen molar-refractivity contribution < 1.29 is 23.5 Å². The predicted molar refractivity (Wildman–Crippen MR) is 140 cm³/mol. The lowest BCUT2D eigenvalue weighted by Gasteiger charge is -2.44. The third-order valence-corrected chi connectivity index (χ3v) is 11.1. The SMILES string of the molecule is C[C@H](OC(=O)[C@H](C)O[Si](c1ccccc1)(c1ccccc1)C(C)(C)C)C(=O)OCc1ccccc1. The Hall–Kier alpha value is -3.22. The lowest BCUT2D eigenvalue weighted by Crippen LogP contribution is -2.68. The molecule has 5 nitrogen and oxygen atoms in total. The van der Waals surface area contributed by atoms with Gasteiger partial charge in [0.1, 0.15) is 12.7 Å². The molecule has 184 valence electrons. The molecule has 0 heterocycles. The summed E-state index contributed by atoms with van der Waals surface area (Å²) in [4.78, 5) is 25.5. The molecule has 0 saturated carbocycles. The fourth-order valence-electron chi connectivity index (χ4n) is 4.17. The van der Waals surface area contributed by atoms with Crippen LogP contribution in [0.2, 0.25) is 5.04 Å². The number of rotatable bonds is 9. The molecule has 3 aromatic rings. The van der Waals surface area contributed by atoms with Crippen molar-refractivity contribution in [2.24, 2.45) is 0 Å². The zero-order valence-corrected chi connectivity index (χ0v) is 22.1. The molecule has 2 atom stereocenters. The van der Waals surface area contributed by atoms with Gasteiger partial charge in [-0.15, -0.1) is 0 Å². The highest BCUT2D eigenvalue weighted by molar-refractivity contribution is 6.99. The first kappa shape index (κ1) is 26.4. The summed E-state index contributed by atoms with van der Waals surface area (Å²) >= 11 is 0. The van der Waals surface area contributed by atoms with Gasteiger partial charge in [-0.2, -0.15) is 0 Å². The van der Waals surface area contributed by atoms with Gasteiger partial charge in [0.2, 0.25) is 0 Å². The number of hydrogen-bond acceptors (Lipinski definition) is 5. The second-order valence-corrected chi connectivity index (χ2v) is 13.8. The van der Waals surface area contributed by atoms with E-state index >= 15 is 0 Å². The Balaban J connectivity index is 1.79. The highest BCUT2D eigenvalue weighted by atomic mass is 28.4. The lowest BCUT2D eigenvalue weighted by atomic mass is 10.2. The van der Waals surface area contributed by atoms with Crippen molar-refractivity contribution in [1.82, 2.24) is 0 Å². The molecule has 0 radical (unpaired) electrons. The highest BCUT2D eigenvalue weighted by Gasteiger charge is 2.52. The van der Waals surface area contributed by atoms with Gasteiger partial charge < -0.3 is 13.9 Å². The van der Waals surface area contributed by atoms with E-state index in [2.05, 4.69) is 45.0 Å². The summed E-state index contributed by atoms with van der Waals surface area (Å²) in [5.74, 6) is -1.19. The standard InChI is InChI=1S/C29H34O5Si/c1-22(27(30)32-21-24-15-9-6-10-16-24)33-28(31)23(2)34-35(29(3,4)5,25-17-11-7-12-18-25)26-19-13-8-14-20-26/h6-20,22-23H,21H2,1-5H3/t22-,23-/m0/s1. The van der Waals surface area contributed by atoms with Gasteiger partial charge in [0.15, 0.2) is 6.10 Å². The minimum absolute atomic E-state index is 0.121. The predicted octanol–water partition coefficient (Wildman–Crippen LogP) is 4.63. The van der Waals surface area contributed by atoms with Crippen molar-refractivity contribution in [3.63, 3.8) is 0 Å². The maximum Gasteiger partial charge on any atom is 0.347 e. The van der Waals surface area contributed by atoms with Crippen molar-refractivity contribution >= 4 is 30.6 Å². The van der Waals surface area contributed by atoms with E-state index < -0.39 is 32.5 Å². The Labute approximate surface area is 209 Å². The number of ether oxygens (including phenoxy) is 2. The maximum atomic E-state index is 13.1. The van der Waals surface area contributed by atoms with Crippen LogP contribution in [0.25, 0.3) is 0 Å². The van der Waals surface area contributed by atoms with Crippen LogP contribution in [0.5, 0.6) is 0 Å². The van der Waals surface area contributed by atoms with Gasteiger partial charge in [0.25, 0.3) is 8.32 Å². The van der Waals surface area contributed by atoms with Gasteiger partial charge in [-0.1, -0.05) is 112 Å². The van der Waals surface area contributed by atoms with Crippen LogP contribution < -0.4 is 10.4 Å². The second-order valence-electron chi connectivity index (χ2n) is 9.60. The summed E-state index contributed by atoms with van der Waals surface area (Å²) in [5.41, 5.74) is 0.864. The normalized spacial score (nSPS) is 13.5. The average molecular weight is 491 g/mol. The Morgan fingerprint density at radius 3 is 1.63 bits per heavy atom. The Bertz CT molecular complexity index is 1050. The number of hydrogen-bond donors (Lipinski definition) is 0. The third-order valence-electron chi connectivity index (χ3n) is 5.95. The third kappa shape index (κ3) is 6.27. The molecule has 0 saturated heterocycles. The van der Waals surface area contributed by atoms with Gasteiger partial charge in [-0.3, -0.25) is 0 Å². The number of benzene rings is 3. The summed E-state index contributed by atoms with van der Waals surface area (Å²) in [5, 5.41) is 1.84. The average Bonchev–Trinajstić information content (AvgIpc) is 2.86. The van der Waals surface area contributed by atoms with E-state index in [-0.39, 0.29) is 11.6 Å². The molecule has 0 aromatic heterocycles. The van der Waals surface area contributed by atoms with Crippen molar-refractivity contribution in [1.29, 1.82) is 0 Å². The number of carbonyl (C=O) groups excluding carboxylic acids is 2. The molecule has 0 bridgehead atoms. The first-order valence-corrected chi connectivity index (χ1v) is 13.8. The smallest absolute Gasteiger partial charge is 0.347 e. The largest absolute Gasteiger partial charge is 0.458 e. The topological polar surface area (TPSA) is 61.8 Å². The maximum absolute atomic E-state index is 13.1. The quantitative estimate of drug-likeness (QED) is 0.323. The zero-order valence-electron chi connectivity index (χ0n) is 21.1. The summed E-state index contributed by atoms with van der Waals surface area (Å²) in [6.07, 6.45) is -1.93. The summed E-state index contributed by atoms with van der Waals surface area (Å²) in [6.45, 7) is 9.74. The van der Waals surface area contributed by atoms with Crippen LogP contribution >= 0.6 is 0 Å². The minimum Gasteiger partial charge on any atom is -0.458 e. The molecule has 0 spiro atoms. The van der Waals surface area contributed by atoms with Crippen LogP contribution in [-0.4, -0.2) is 32.5 Å². The van der Waals surface area contributed by atoms with Gasteiger partial charge >= 0.3 is 11.9 Å². The molecule has 0 aliphatic rings. The summed E-state index contributed by atoms with van der Waals surface area (Å²) < 4.78 is 17.6. The molecule has 0 aliphatic carbocycles. The van der Waals surface area contributed by atoms with Gasteiger partial charge in [0.05, 0.1) is 0 Å². The van der Waals surface area contributed by atoms with E-state index in [4.69, 9.17) is 13.9 Å². The Kier molecular flexibility index (Phi) is 8.65. The van der Waals surface area contributed by atoms with E-state index in [0.29, 0.717) is 0 Å². The van der Waals surface area contributed by atoms with Gasteiger partial charge in [-0.25, -0.2) is 9.59 Å². The van der Waals surface area contributed by atoms with E-state index in [1.165, 1.54) is 6.92 Å². The van der Waals surface area contributed by atoms with Crippen LogP contribution in [0.4, 0.5) is 0 Å². The molecular formula is C29H34O5Si. The number of esters is 2. The first-order valence-electron chi connectivity index (χ1n) is 11.8. The van der Waals surface area contributed by atoms with Crippen LogP contribution in [-0.2, 0) is 30.1 Å². The van der Waals surface area contributed by atoms with Gasteiger partial charge in [0, 0.05) is 0 Å². The van der Waals surface area contributed by atoms with E-state index in [0.717, 1.165) is 15.9 Å². The highest BCUT2D eigenvalue weighted by Crippen LogP contribution is 2.37. The fraction of sp³-hybridized carbons (Fsp3) is 0.310. The zero-order chi connectivity index (χ0) is 25.5. The van der Waals surface area contributed by atoms with E-state index in [1.54, 1.807) is 6.92 Å². The molecule has 0 fully saturated rings. The van der Waals surface area contributed by atoms with Gasteiger partial charge in [-0.05, 0) is 34.8 Å². The molecule has 3 rings (SSSR count). The minimum atomic E-state index is -2.93. The molecule has 0 unspecified atom stereocenters. The monoisotopic (exact) mass is 490 g/mol. The summed E-state index contributed by atoms with van der Waals surface area (Å²) in [7, 11) is -2.93. The second kappa shape index (κ2) is 11.5. The Morgan fingerprint density at radius 1 is 0.714 bits per heavy atom. The van der Waals surface area contributed by atoms with Crippen LogP contribution in [0, 0.1) is 0 Å². The van der Waals surface area contributed by atoms with Crippen molar-refractivity contribution in [2.75, 3.05) is 0 Å². The molecule has 0 N–H and O–H groups in total. The van der Waals surface area contributed by atoms with Crippen LogP contribution in [0.1, 0.15) is 40.2 Å². The van der Waals surface area contributed by atoms with Crippen LogP contribution in [0.15, 0.2) is 91.0 Å². The molecule has 35 heavy (non-hydrogen) atoms. The van der Waals surface area contributed by atoms with Crippen molar-refractivity contribution in [3.05, 3.63) is 96.6 Å². The first-order chi connectivity index (χ1) is 16.6.